The number of hydrogen-bond donors (Lipinski definition) is 1. The van der Waals surface area contributed by atoms with Gasteiger partial charge in [0.1, 0.15) is 0 Å². The van der Waals surface area contributed by atoms with Gasteiger partial charge in [-0.15, -0.1) is 0 Å². The van der Waals surface area contributed by atoms with Gasteiger partial charge in [0.15, 0.2) is 0 Å². The number of fused-ring (bicyclic) bond motifs is 2. The number of nitrogens with one attached hydrogen (secondary N) is 1. The van der Waals surface area contributed by atoms with Gasteiger partial charge >= 0.3 is 0 Å². The molecule has 0 spiro atoms. The second-order valence-electron chi connectivity index (χ2n) is 6.71. The zero-order valence-electron chi connectivity index (χ0n) is 14.5. The van der Waals surface area contributed by atoms with Crippen LogP contribution in [0.1, 0.15) is 17.4 Å². The Kier molecular flexibility index (Phi) is 4.47. The third kappa shape index (κ3) is 3.77. The van der Waals surface area contributed by atoms with Crippen LogP contribution in [-0.2, 0) is 23.1 Å². The monoisotopic (exact) mass is 371 g/mol. The minimum absolute atomic E-state index is 0.0380. The van der Waals surface area contributed by atoms with E-state index in [1.807, 2.05) is 28.9 Å². The van der Waals surface area contributed by atoms with E-state index >= 15 is 0 Å². The topological polar surface area (TPSA) is 80.1 Å². The third-order valence-electron chi connectivity index (χ3n) is 4.58. The van der Waals surface area contributed by atoms with Crippen molar-refractivity contribution < 1.29 is 8.42 Å². The largest absolute Gasteiger partial charge is 0.290 e. The predicted octanol–water partition coefficient (Wildman–Crippen LogP) is 1.54. The molecular formula is C18H21N5O2S. The van der Waals surface area contributed by atoms with Gasteiger partial charge in [-0.25, -0.2) is 13.1 Å². The van der Waals surface area contributed by atoms with Gasteiger partial charge in [0.25, 0.3) is 0 Å². The maximum Gasteiger partial charge on any atom is 0.208 e. The summed E-state index contributed by atoms with van der Waals surface area (Å²) < 4.78 is 27.4. The maximum absolute atomic E-state index is 11.5. The average Bonchev–Trinajstić information content (AvgIpc) is 3.07. The van der Waals surface area contributed by atoms with Crippen molar-refractivity contribution in [3.8, 4) is 0 Å². The SMILES string of the molecule is CS(=O)(=O)NC[C@@H]1CN(Cc2ccc3ccccc3n2)Cc2ccnn21. The van der Waals surface area contributed by atoms with Crippen molar-refractivity contribution in [2.24, 2.45) is 0 Å². The molecule has 1 atom stereocenters. The molecular weight excluding hydrogens is 350 g/mol. The summed E-state index contributed by atoms with van der Waals surface area (Å²) in [7, 11) is -3.23. The number of sulfonamides is 1. The summed E-state index contributed by atoms with van der Waals surface area (Å²) in [6.07, 6.45) is 2.94. The van der Waals surface area contributed by atoms with Crippen molar-refractivity contribution in [1.29, 1.82) is 0 Å². The number of aromatic nitrogens is 3. The van der Waals surface area contributed by atoms with Gasteiger partial charge in [0.05, 0.1) is 29.2 Å². The van der Waals surface area contributed by atoms with Gasteiger partial charge in [-0.1, -0.05) is 24.3 Å². The van der Waals surface area contributed by atoms with Crippen LogP contribution in [0.2, 0.25) is 0 Å². The Morgan fingerprint density at radius 2 is 2.04 bits per heavy atom. The average molecular weight is 371 g/mol. The quantitative estimate of drug-likeness (QED) is 0.736. The molecule has 1 aromatic carbocycles. The summed E-state index contributed by atoms with van der Waals surface area (Å²) in [6, 6.07) is 14.2. The fourth-order valence-electron chi connectivity index (χ4n) is 3.41. The minimum Gasteiger partial charge on any atom is -0.290 e. The molecule has 26 heavy (non-hydrogen) atoms. The van der Waals surface area contributed by atoms with E-state index in [1.165, 1.54) is 6.26 Å². The highest BCUT2D eigenvalue weighted by Gasteiger charge is 2.26. The Hall–Kier alpha value is -2.29. The second-order valence-corrected chi connectivity index (χ2v) is 8.54. The van der Waals surface area contributed by atoms with Crippen LogP contribution < -0.4 is 4.72 Å². The summed E-state index contributed by atoms with van der Waals surface area (Å²) in [5.41, 5.74) is 3.08. The molecule has 1 N–H and O–H groups in total. The Labute approximate surface area is 152 Å². The molecule has 8 heteroatoms. The Morgan fingerprint density at radius 1 is 1.19 bits per heavy atom. The minimum atomic E-state index is -3.23. The van der Waals surface area contributed by atoms with E-state index in [-0.39, 0.29) is 6.04 Å². The summed E-state index contributed by atoms with van der Waals surface area (Å²) in [4.78, 5) is 7.03. The van der Waals surface area contributed by atoms with E-state index in [4.69, 9.17) is 4.98 Å². The molecule has 1 aliphatic rings. The van der Waals surface area contributed by atoms with Crippen LogP contribution in [-0.4, -0.2) is 47.4 Å². The molecule has 0 radical (unpaired) electrons. The van der Waals surface area contributed by atoms with Crippen LogP contribution in [0, 0.1) is 0 Å². The molecule has 1 aliphatic heterocycles. The summed E-state index contributed by atoms with van der Waals surface area (Å²) in [6.45, 7) is 2.52. The van der Waals surface area contributed by atoms with E-state index in [0.29, 0.717) is 19.6 Å². The lowest BCUT2D eigenvalue weighted by molar-refractivity contribution is 0.166. The van der Waals surface area contributed by atoms with E-state index in [2.05, 4.69) is 32.9 Å². The lowest BCUT2D eigenvalue weighted by Gasteiger charge is -2.33. The summed E-state index contributed by atoms with van der Waals surface area (Å²) in [5, 5.41) is 5.49. The summed E-state index contributed by atoms with van der Waals surface area (Å²) >= 11 is 0. The highest BCUT2D eigenvalue weighted by Crippen LogP contribution is 2.22. The van der Waals surface area contributed by atoms with Crippen LogP contribution >= 0.6 is 0 Å². The van der Waals surface area contributed by atoms with Crippen molar-refractivity contribution in [3.63, 3.8) is 0 Å². The molecule has 7 nitrogen and oxygen atoms in total. The fraction of sp³-hybridized carbons (Fsp3) is 0.333. The number of benzene rings is 1. The van der Waals surface area contributed by atoms with Gasteiger partial charge < -0.3 is 0 Å². The lowest BCUT2D eigenvalue weighted by atomic mass is 10.1. The van der Waals surface area contributed by atoms with Crippen LogP contribution in [0.5, 0.6) is 0 Å². The van der Waals surface area contributed by atoms with E-state index < -0.39 is 10.0 Å². The normalized spacial score (nSPS) is 18.1. The van der Waals surface area contributed by atoms with Crippen molar-refractivity contribution >= 4 is 20.9 Å². The van der Waals surface area contributed by atoms with Gasteiger partial charge in [-0.3, -0.25) is 14.6 Å². The van der Waals surface area contributed by atoms with E-state index in [1.54, 1.807) is 6.20 Å². The standard InChI is InChI=1S/C18H21N5O2S/c1-26(24,25)20-10-17-13-22(12-16-8-9-19-23(16)17)11-15-7-6-14-4-2-3-5-18(14)21-15/h2-9,17,20H,10-13H2,1H3/t17-/m1/s1. The van der Waals surface area contributed by atoms with Crippen molar-refractivity contribution in [2.45, 2.75) is 19.1 Å². The predicted molar refractivity (Wildman–Crippen MR) is 100.0 cm³/mol. The molecule has 0 amide bonds. The third-order valence-corrected chi connectivity index (χ3v) is 5.27. The molecule has 3 aromatic rings. The molecule has 0 fully saturated rings. The highest BCUT2D eigenvalue weighted by atomic mass is 32.2. The fourth-order valence-corrected chi connectivity index (χ4v) is 3.90. The lowest BCUT2D eigenvalue weighted by Crippen LogP contribution is -2.42. The first-order valence-corrected chi connectivity index (χ1v) is 10.4. The highest BCUT2D eigenvalue weighted by molar-refractivity contribution is 7.88. The van der Waals surface area contributed by atoms with Gasteiger partial charge in [-0.05, 0) is 18.2 Å². The first kappa shape index (κ1) is 17.1. The van der Waals surface area contributed by atoms with Crippen LogP contribution in [0.3, 0.4) is 0 Å². The number of para-hydroxylation sites is 1. The number of nitrogens with zero attached hydrogens (tertiary/aromatic N) is 4. The Balaban J connectivity index is 1.53. The zero-order valence-corrected chi connectivity index (χ0v) is 15.4. The molecule has 136 valence electrons. The first-order chi connectivity index (χ1) is 12.5. The van der Waals surface area contributed by atoms with Crippen LogP contribution in [0.4, 0.5) is 0 Å². The molecule has 0 unspecified atom stereocenters. The Bertz CT molecular complexity index is 1030. The smallest absolute Gasteiger partial charge is 0.208 e. The van der Waals surface area contributed by atoms with E-state index in [0.717, 1.165) is 28.8 Å². The number of hydrogen-bond acceptors (Lipinski definition) is 5. The second kappa shape index (κ2) is 6.79. The number of rotatable bonds is 5. The van der Waals surface area contributed by atoms with E-state index in [9.17, 15) is 8.42 Å². The molecule has 0 saturated carbocycles. The first-order valence-electron chi connectivity index (χ1n) is 8.52. The van der Waals surface area contributed by atoms with Crippen LogP contribution in [0.25, 0.3) is 10.9 Å². The van der Waals surface area contributed by atoms with Crippen LogP contribution in [0.15, 0.2) is 48.7 Å². The molecule has 4 rings (SSSR count). The molecule has 3 heterocycles. The van der Waals surface area contributed by atoms with Gasteiger partial charge in [0.2, 0.25) is 10.0 Å². The van der Waals surface area contributed by atoms with Gasteiger partial charge in [0, 0.05) is 37.8 Å². The van der Waals surface area contributed by atoms with Crippen molar-refractivity contribution in [1.82, 2.24) is 24.4 Å². The van der Waals surface area contributed by atoms with Crippen molar-refractivity contribution in [3.05, 3.63) is 60.0 Å². The van der Waals surface area contributed by atoms with Crippen molar-refractivity contribution in [2.75, 3.05) is 19.3 Å². The molecule has 2 aromatic heterocycles. The molecule has 0 bridgehead atoms. The summed E-state index contributed by atoms with van der Waals surface area (Å²) in [5.74, 6) is 0. The Morgan fingerprint density at radius 3 is 2.88 bits per heavy atom. The molecule has 0 aliphatic carbocycles. The number of pyridine rings is 1. The molecule has 0 saturated heterocycles. The maximum atomic E-state index is 11.5. The zero-order chi connectivity index (χ0) is 18.1. The van der Waals surface area contributed by atoms with Gasteiger partial charge in [-0.2, -0.15) is 5.10 Å².